The van der Waals surface area contributed by atoms with Gasteiger partial charge in [0.05, 0.1) is 5.75 Å². The second kappa shape index (κ2) is 5.52. The van der Waals surface area contributed by atoms with Gasteiger partial charge in [-0.1, -0.05) is 20.8 Å². The number of alkyl halides is 3. The molecule has 0 saturated carbocycles. The Kier molecular flexibility index (Phi) is 4.83. The lowest BCUT2D eigenvalue weighted by Gasteiger charge is -2.39. The van der Waals surface area contributed by atoms with Crippen LogP contribution >= 0.6 is 11.8 Å². The van der Waals surface area contributed by atoms with Crippen molar-refractivity contribution < 1.29 is 23.1 Å². The van der Waals surface area contributed by atoms with Gasteiger partial charge in [-0.2, -0.15) is 13.2 Å². The lowest BCUT2D eigenvalue weighted by molar-refractivity contribution is -0.272. The molecule has 1 N–H and O–H groups in total. The Labute approximate surface area is 115 Å². The molecule has 0 atom stereocenters. The van der Waals surface area contributed by atoms with Gasteiger partial charge in [0.2, 0.25) is 5.91 Å². The number of halogens is 3. The minimum absolute atomic E-state index is 0.0421. The maximum absolute atomic E-state index is 12.6. The zero-order chi connectivity index (χ0) is 14.9. The van der Waals surface area contributed by atoms with Crippen LogP contribution in [0.25, 0.3) is 0 Å². The number of likely N-dealkylation sites (tertiary alicyclic amines) is 1. The summed E-state index contributed by atoms with van der Waals surface area (Å²) in [5.74, 6) is 0.0951. The molecule has 0 bridgehead atoms. The van der Waals surface area contributed by atoms with Gasteiger partial charge < -0.3 is 10.0 Å². The van der Waals surface area contributed by atoms with Gasteiger partial charge in [0.25, 0.3) is 0 Å². The average molecular weight is 299 g/mol. The lowest BCUT2D eigenvalue weighted by Crippen LogP contribution is -2.54. The van der Waals surface area contributed by atoms with E-state index in [1.165, 1.54) is 16.7 Å². The molecule has 112 valence electrons. The third kappa shape index (κ3) is 4.56. The van der Waals surface area contributed by atoms with Crippen LogP contribution in [0.1, 0.15) is 33.6 Å². The molecule has 0 aromatic carbocycles. The van der Waals surface area contributed by atoms with Crippen LogP contribution in [-0.2, 0) is 4.79 Å². The highest BCUT2D eigenvalue weighted by Crippen LogP contribution is 2.38. The van der Waals surface area contributed by atoms with Gasteiger partial charge >= 0.3 is 6.18 Å². The average Bonchev–Trinajstić information content (AvgIpc) is 2.24. The normalized spacial score (nSPS) is 20.5. The van der Waals surface area contributed by atoms with E-state index in [0.29, 0.717) is 0 Å². The zero-order valence-electron chi connectivity index (χ0n) is 11.4. The van der Waals surface area contributed by atoms with Crippen molar-refractivity contribution in [2.45, 2.75) is 50.1 Å². The fourth-order valence-corrected chi connectivity index (χ4v) is 2.52. The van der Waals surface area contributed by atoms with Gasteiger partial charge in [0.15, 0.2) is 5.60 Å². The standard InChI is InChI=1S/C12H20F3NO2S/c1-10(2,3)19-8-9(17)16-6-4-11(18,5-7-16)12(13,14)15/h18H,4-8H2,1-3H3. The highest BCUT2D eigenvalue weighted by atomic mass is 32.2. The number of thioether (sulfide) groups is 1. The summed E-state index contributed by atoms with van der Waals surface area (Å²) in [4.78, 5) is 13.2. The van der Waals surface area contributed by atoms with Crippen LogP contribution in [0.5, 0.6) is 0 Å². The first kappa shape index (κ1) is 16.6. The predicted octanol–water partition coefficient (Wildman–Crippen LogP) is 2.43. The van der Waals surface area contributed by atoms with E-state index in [9.17, 15) is 23.1 Å². The number of hydrogen-bond acceptors (Lipinski definition) is 3. The number of aliphatic hydroxyl groups is 1. The summed E-state index contributed by atoms with van der Waals surface area (Å²) in [5.41, 5.74) is -2.64. The molecule has 1 aliphatic rings. The Morgan fingerprint density at radius 2 is 1.74 bits per heavy atom. The van der Waals surface area contributed by atoms with Gasteiger partial charge in [-0.15, -0.1) is 11.8 Å². The first-order valence-corrected chi connectivity index (χ1v) is 7.14. The van der Waals surface area contributed by atoms with Crippen molar-refractivity contribution in [3.63, 3.8) is 0 Å². The number of rotatable bonds is 2. The van der Waals surface area contributed by atoms with E-state index in [4.69, 9.17) is 0 Å². The molecule has 0 aromatic heterocycles. The molecule has 3 nitrogen and oxygen atoms in total. The molecule has 0 radical (unpaired) electrons. The first-order chi connectivity index (χ1) is 8.45. The molecular formula is C12H20F3NO2S. The molecule has 7 heteroatoms. The second-order valence-electron chi connectivity index (χ2n) is 5.81. The largest absolute Gasteiger partial charge is 0.417 e. The summed E-state index contributed by atoms with van der Waals surface area (Å²) in [7, 11) is 0. The van der Waals surface area contributed by atoms with Gasteiger partial charge in [-0.25, -0.2) is 0 Å². The number of nitrogens with zero attached hydrogens (tertiary/aromatic N) is 1. The molecule has 0 aromatic rings. The molecule has 1 saturated heterocycles. The highest BCUT2D eigenvalue weighted by Gasteiger charge is 2.54. The molecule has 0 spiro atoms. The maximum atomic E-state index is 12.6. The fourth-order valence-electron chi connectivity index (χ4n) is 1.78. The molecule has 1 fully saturated rings. The van der Waals surface area contributed by atoms with Crippen molar-refractivity contribution in [2.24, 2.45) is 0 Å². The summed E-state index contributed by atoms with van der Waals surface area (Å²) >= 11 is 1.46. The first-order valence-electron chi connectivity index (χ1n) is 6.15. The van der Waals surface area contributed by atoms with Crippen LogP contribution < -0.4 is 0 Å². The predicted molar refractivity (Wildman–Crippen MR) is 69.0 cm³/mol. The minimum Gasteiger partial charge on any atom is -0.380 e. The minimum atomic E-state index is -4.62. The van der Waals surface area contributed by atoms with Gasteiger partial charge in [0, 0.05) is 30.7 Å². The van der Waals surface area contributed by atoms with E-state index in [1.54, 1.807) is 0 Å². The number of hydrogen-bond donors (Lipinski definition) is 1. The smallest absolute Gasteiger partial charge is 0.380 e. The number of amides is 1. The number of carbonyl (C=O) groups excluding carboxylic acids is 1. The number of carbonyl (C=O) groups is 1. The van der Waals surface area contributed by atoms with Crippen molar-refractivity contribution in [3.8, 4) is 0 Å². The van der Waals surface area contributed by atoms with Crippen molar-refractivity contribution in [1.82, 2.24) is 4.90 Å². The fraction of sp³-hybridized carbons (Fsp3) is 0.917. The lowest BCUT2D eigenvalue weighted by atomic mass is 9.91. The Balaban J connectivity index is 2.48. The van der Waals surface area contributed by atoms with E-state index in [1.807, 2.05) is 20.8 Å². The molecule has 0 aliphatic carbocycles. The Morgan fingerprint density at radius 1 is 1.26 bits per heavy atom. The summed E-state index contributed by atoms with van der Waals surface area (Å²) in [6, 6.07) is 0. The van der Waals surface area contributed by atoms with Crippen molar-refractivity contribution in [3.05, 3.63) is 0 Å². The molecule has 1 rings (SSSR count). The van der Waals surface area contributed by atoms with Crippen LogP contribution in [-0.4, -0.2) is 51.3 Å². The van der Waals surface area contributed by atoms with Crippen LogP contribution in [0.3, 0.4) is 0 Å². The monoisotopic (exact) mass is 299 g/mol. The number of piperidine rings is 1. The third-order valence-electron chi connectivity index (χ3n) is 3.10. The van der Waals surface area contributed by atoms with Crippen molar-refractivity contribution in [2.75, 3.05) is 18.8 Å². The van der Waals surface area contributed by atoms with Gasteiger partial charge in [-0.3, -0.25) is 4.79 Å². The summed E-state index contributed by atoms with van der Waals surface area (Å²) in [6.45, 7) is 5.84. The second-order valence-corrected chi connectivity index (χ2v) is 7.61. The van der Waals surface area contributed by atoms with Crippen LogP contribution in [0.15, 0.2) is 0 Å². The van der Waals surface area contributed by atoms with Gasteiger partial charge in [-0.05, 0) is 0 Å². The molecule has 1 heterocycles. The molecular weight excluding hydrogens is 279 g/mol. The molecule has 1 aliphatic heterocycles. The van der Waals surface area contributed by atoms with E-state index in [-0.39, 0.29) is 29.5 Å². The van der Waals surface area contributed by atoms with Gasteiger partial charge in [0.1, 0.15) is 0 Å². The maximum Gasteiger partial charge on any atom is 0.417 e. The topological polar surface area (TPSA) is 40.5 Å². The van der Waals surface area contributed by atoms with Crippen LogP contribution in [0.4, 0.5) is 13.2 Å². The quantitative estimate of drug-likeness (QED) is 0.851. The molecule has 0 unspecified atom stereocenters. The highest BCUT2D eigenvalue weighted by molar-refractivity contribution is 8.01. The van der Waals surface area contributed by atoms with E-state index in [0.717, 1.165) is 0 Å². The van der Waals surface area contributed by atoms with E-state index < -0.39 is 24.6 Å². The van der Waals surface area contributed by atoms with Crippen molar-refractivity contribution in [1.29, 1.82) is 0 Å². The summed E-state index contributed by atoms with van der Waals surface area (Å²) in [5, 5.41) is 9.50. The third-order valence-corrected chi connectivity index (χ3v) is 4.36. The van der Waals surface area contributed by atoms with E-state index in [2.05, 4.69) is 0 Å². The van der Waals surface area contributed by atoms with Crippen molar-refractivity contribution >= 4 is 17.7 Å². The van der Waals surface area contributed by atoms with E-state index >= 15 is 0 Å². The van der Waals surface area contributed by atoms with Crippen LogP contribution in [0, 0.1) is 0 Å². The summed E-state index contributed by atoms with van der Waals surface area (Å²) < 4.78 is 37.7. The zero-order valence-corrected chi connectivity index (χ0v) is 12.2. The Morgan fingerprint density at radius 3 is 2.11 bits per heavy atom. The molecule has 1 amide bonds. The molecule has 19 heavy (non-hydrogen) atoms. The van der Waals surface area contributed by atoms with Crippen LogP contribution in [0.2, 0.25) is 0 Å². The SMILES string of the molecule is CC(C)(C)SCC(=O)N1CCC(O)(C(F)(F)F)CC1. The Hall–Kier alpha value is -0.430. The Bertz CT molecular complexity index is 331. The summed E-state index contributed by atoms with van der Waals surface area (Å²) in [6.07, 6.45) is -5.51.